The van der Waals surface area contributed by atoms with Gasteiger partial charge in [-0.1, -0.05) is 18.2 Å². The average Bonchev–Trinajstić information content (AvgIpc) is 2.34. The third-order valence-electron chi connectivity index (χ3n) is 3.04. The first-order valence-corrected chi connectivity index (χ1v) is 8.13. The van der Waals surface area contributed by atoms with Crippen LogP contribution in [0.1, 0.15) is 27.7 Å². The first kappa shape index (κ1) is 16.1. The molecule has 0 radical (unpaired) electrons. The second-order valence-corrected chi connectivity index (χ2v) is 6.90. The van der Waals surface area contributed by atoms with E-state index < -0.39 is 10.0 Å². The standard InChI is InChI=1S/C14H24N2O2S/c1-12(2)16(13(3)4)11-10-15-19(17,18)14-8-6-5-7-9-14/h5-9,12-13,15H,10-11H2,1-4H3. The van der Waals surface area contributed by atoms with Crippen molar-refractivity contribution in [3.8, 4) is 0 Å². The minimum Gasteiger partial charge on any atom is -0.297 e. The molecule has 0 heterocycles. The zero-order valence-corrected chi connectivity index (χ0v) is 12.9. The Morgan fingerprint density at radius 2 is 1.58 bits per heavy atom. The Morgan fingerprint density at radius 1 is 1.05 bits per heavy atom. The van der Waals surface area contributed by atoms with Crippen molar-refractivity contribution in [2.24, 2.45) is 0 Å². The van der Waals surface area contributed by atoms with Gasteiger partial charge in [-0.25, -0.2) is 13.1 Å². The maximum atomic E-state index is 12.0. The minimum atomic E-state index is -3.38. The number of rotatable bonds is 7. The van der Waals surface area contributed by atoms with Gasteiger partial charge in [0.2, 0.25) is 10.0 Å². The van der Waals surface area contributed by atoms with Gasteiger partial charge in [0.25, 0.3) is 0 Å². The predicted molar refractivity (Wildman–Crippen MR) is 78.6 cm³/mol. The smallest absolute Gasteiger partial charge is 0.240 e. The van der Waals surface area contributed by atoms with Crippen molar-refractivity contribution in [3.63, 3.8) is 0 Å². The maximum Gasteiger partial charge on any atom is 0.240 e. The first-order chi connectivity index (χ1) is 8.84. The molecule has 1 N–H and O–H groups in total. The average molecular weight is 284 g/mol. The molecule has 19 heavy (non-hydrogen) atoms. The second kappa shape index (κ2) is 7.03. The Bertz CT molecular complexity index is 461. The molecule has 1 aromatic carbocycles. The number of nitrogens with zero attached hydrogens (tertiary/aromatic N) is 1. The van der Waals surface area contributed by atoms with Crippen LogP contribution in [0, 0.1) is 0 Å². The number of hydrogen-bond acceptors (Lipinski definition) is 3. The van der Waals surface area contributed by atoms with E-state index in [4.69, 9.17) is 0 Å². The molecule has 1 rings (SSSR count). The van der Waals surface area contributed by atoms with Crippen LogP contribution in [0.4, 0.5) is 0 Å². The summed E-state index contributed by atoms with van der Waals surface area (Å²) in [6.45, 7) is 9.60. The molecule has 0 bridgehead atoms. The molecule has 0 spiro atoms. The highest BCUT2D eigenvalue weighted by atomic mass is 32.2. The molecule has 108 valence electrons. The van der Waals surface area contributed by atoms with Crippen LogP contribution in [0.3, 0.4) is 0 Å². The van der Waals surface area contributed by atoms with Gasteiger partial charge in [-0.3, -0.25) is 4.90 Å². The lowest BCUT2D eigenvalue weighted by atomic mass is 10.2. The lowest BCUT2D eigenvalue weighted by Gasteiger charge is -2.30. The van der Waals surface area contributed by atoms with E-state index in [0.29, 0.717) is 30.1 Å². The molecule has 0 atom stereocenters. The van der Waals surface area contributed by atoms with Crippen LogP contribution in [0.5, 0.6) is 0 Å². The Kier molecular flexibility index (Phi) is 5.97. The van der Waals surface area contributed by atoms with Gasteiger partial charge in [-0.2, -0.15) is 0 Å². The van der Waals surface area contributed by atoms with Crippen LogP contribution in [0.25, 0.3) is 0 Å². The fraction of sp³-hybridized carbons (Fsp3) is 0.571. The molecule has 0 fully saturated rings. The summed E-state index contributed by atoms with van der Waals surface area (Å²) in [6.07, 6.45) is 0. The van der Waals surface area contributed by atoms with Crippen molar-refractivity contribution >= 4 is 10.0 Å². The van der Waals surface area contributed by atoms with Crippen molar-refractivity contribution in [2.45, 2.75) is 44.7 Å². The topological polar surface area (TPSA) is 49.4 Å². The monoisotopic (exact) mass is 284 g/mol. The molecule has 0 saturated carbocycles. The normalized spacial score (nSPS) is 12.6. The fourth-order valence-corrected chi connectivity index (χ4v) is 3.15. The van der Waals surface area contributed by atoms with E-state index >= 15 is 0 Å². The van der Waals surface area contributed by atoms with Gasteiger partial charge in [-0.15, -0.1) is 0 Å². The lowest BCUT2D eigenvalue weighted by molar-refractivity contribution is 0.179. The Labute approximate surface area is 116 Å². The van der Waals surface area contributed by atoms with Crippen LogP contribution in [0.15, 0.2) is 35.2 Å². The van der Waals surface area contributed by atoms with E-state index in [2.05, 4.69) is 37.3 Å². The summed E-state index contributed by atoms with van der Waals surface area (Å²) < 4.78 is 26.7. The largest absolute Gasteiger partial charge is 0.297 e. The molecule has 4 nitrogen and oxygen atoms in total. The highest BCUT2D eigenvalue weighted by molar-refractivity contribution is 7.89. The first-order valence-electron chi connectivity index (χ1n) is 6.65. The fourth-order valence-electron chi connectivity index (χ4n) is 2.10. The van der Waals surface area contributed by atoms with Gasteiger partial charge in [-0.05, 0) is 39.8 Å². The van der Waals surface area contributed by atoms with Crippen LogP contribution in [-0.4, -0.2) is 38.5 Å². The zero-order valence-electron chi connectivity index (χ0n) is 12.1. The van der Waals surface area contributed by atoms with Crippen LogP contribution in [-0.2, 0) is 10.0 Å². The van der Waals surface area contributed by atoms with E-state index in [1.807, 2.05) is 0 Å². The van der Waals surface area contributed by atoms with Crippen LogP contribution in [0.2, 0.25) is 0 Å². The number of benzene rings is 1. The van der Waals surface area contributed by atoms with Crippen molar-refractivity contribution in [1.29, 1.82) is 0 Å². The van der Waals surface area contributed by atoms with E-state index in [9.17, 15) is 8.42 Å². The highest BCUT2D eigenvalue weighted by Crippen LogP contribution is 2.07. The molecule has 0 saturated heterocycles. The molecular formula is C14H24N2O2S. The van der Waals surface area contributed by atoms with Crippen molar-refractivity contribution in [2.75, 3.05) is 13.1 Å². The molecule has 0 amide bonds. The van der Waals surface area contributed by atoms with Gasteiger partial charge in [0.05, 0.1) is 4.90 Å². The molecule has 0 aliphatic heterocycles. The van der Waals surface area contributed by atoms with Gasteiger partial charge in [0, 0.05) is 25.2 Å². The predicted octanol–water partition coefficient (Wildman–Crippen LogP) is 2.08. The highest BCUT2D eigenvalue weighted by Gasteiger charge is 2.16. The number of hydrogen-bond donors (Lipinski definition) is 1. The Balaban J connectivity index is 2.58. The summed E-state index contributed by atoms with van der Waals surface area (Å²) in [5, 5.41) is 0. The van der Waals surface area contributed by atoms with Gasteiger partial charge >= 0.3 is 0 Å². The summed E-state index contributed by atoms with van der Waals surface area (Å²) in [5.74, 6) is 0. The second-order valence-electron chi connectivity index (χ2n) is 5.14. The van der Waals surface area contributed by atoms with Crippen LogP contribution >= 0.6 is 0 Å². The summed E-state index contributed by atoms with van der Waals surface area (Å²) in [5.41, 5.74) is 0. The van der Waals surface area contributed by atoms with Crippen molar-refractivity contribution in [1.82, 2.24) is 9.62 Å². The molecule has 0 aromatic heterocycles. The number of nitrogens with one attached hydrogen (secondary N) is 1. The Hall–Kier alpha value is -0.910. The van der Waals surface area contributed by atoms with Gasteiger partial charge < -0.3 is 0 Å². The van der Waals surface area contributed by atoms with E-state index in [1.54, 1.807) is 30.3 Å². The molecule has 0 aliphatic carbocycles. The van der Waals surface area contributed by atoms with Crippen molar-refractivity contribution < 1.29 is 8.42 Å². The van der Waals surface area contributed by atoms with Gasteiger partial charge in [0.1, 0.15) is 0 Å². The maximum absolute atomic E-state index is 12.0. The quantitative estimate of drug-likeness (QED) is 0.834. The van der Waals surface area contributed by atoms with Crippen molar-refractivity contribution in [3.05, 3.63) is 30.3 Å². The SMILES string of the molecule is CC(C)N(CCNS(=O)(=O)c1ccccc1)C(C)C. The lowest BCUT2D eigenvalue weighted by Crippen LogP contribution is -2.42. The Morgan fingerprint density at radius 3 is 2.05 bits per heavy atom. The van der Waals surface area contributed by atoms with Crippen LogP contribution < -0.4 is 4.72 Å². The van der Waals surface area contributed by atoms with E-state index in [0.717, 1.165) is 0 Å². The summed E-state index contributed by atoms with van der Waals surface area (Å²) in [7, 11) is -3.38. The molecule has 5 heteroatoms. The minimum absolute atomic E-state index is 0.315. The molecule has 1 aromatic rings. The van der Waals surface area contributed by atoms with E-state index in [1.165, 1.54) is 0 Å². The summed E-state index contributed by atoms with van der Waals surface area (Å²) >= 11 is 0. The van der Waals surface area contributed by atoms with Gasteiger partial charge in [0.15, 0.2) is 0 Å². The molecular weight excluding hydrogens is 260 g/mol. The number of sulfonamides is 1. The third-order valence-corrected chi connectivity index (χ3v) is 4.52. The van der Waals surface area contributed by atoms with E-state index in [-0.39, 0.29) is 0 Å². The summed E-state index contributed by atoms with van der Waals surface area (Å²) in [6, 6.07) is 9.27. The summed E-state index contributed by atoms with van der Waals surface area (Å²) in [4.78, 5) is 2.57. The third kappa shape index (κ3) is 4.93. The zero-order chi connectivity index (χ0) is 14.5. The molecule has 0 aliphatic rings. The molecule has 0 unspecified atom stereocenters.